The van der Waals surface area contributed by atoms with Crippen LogP contribution in [-0.4, -0.2) is 40.1 Å². The van der Waals surface area contributed by atoms with Gasteiger partial charge in [-0.3, -0.25) is 14.7 Å². The number of aromatic amines is 1. The lowest BCUT2D eigenvalue weighted by molar-refractivity contribution is -0.116. The summed E-state index contributed by atoms with van der Waals surface area (Å²) in [6.45, 7) is 0.939. The van der Waals surface area contributed by atoms with Crippen LogP contribution in [0.3, 0.4) is 0 Å². The van der Waals surface area contributed by atoms with Crippen molar-refractivity contribution < 1.29 is 19.1 Å². The predicted octanol–water partition coefficient (Wildman–Crippen LogP) is 4.51. The summed E-state index contributed by atoms with van der Waals surface area (Å²) < 4.78 is 11.0. The van der Waals surface area contributed by atoms with Gasteiger partial charge >= 0.3 is 0 Å². The van der Waals surface area contributed by atoms with E-state index in [0.717, 1.165) is 5.56 Å². The van der Waals surface area contributed by atoms with Crippen molar-refractivity contribution in [2.24, 2.45) is 0 Å². The number of fused-ring (bicyclic) bond motifs is 1. The number of para-hydroxylation sites is 1. The highest BCUT2D eigenvalue weighted by Gasteiger charge is 2.17. The van der Waals surface area contributed by atoms with Crippen LogP contribution >= 0.6 is 0 Å². The molecule has 1 aromatic heterocycles. The molecule has 170 valence electrons. The quantitative estimate of drug-likeness (QED) is 0.398. The van der Waals surface area contributed by atoms with E-state index in [-0.39, 0.29) is 24.5 Å². The van der Waals surface area contributed by atoms with Crippen LogP contribution in [0, 0.1) is 0 Å². The normalized spacial score (nSPS) is 12.2. The van der Waals surface area contributed by atoms with E-state index >= 15 is 0 Å². The Bertz CT molecular complexity index is 1330. The number of ketones is 1. The van der Waals surface area contributed by atoms with Crippen LogP contribution in [0.5, 0.6) is 11.5 Å². The lowest BCUT2D eigenvalue weighted by Crippen LogP contribution is -2.16. The summed E-state index contributed by atoms with van der Waals surface area (Å²) in [6, 6.07) is 22.0. The van der Waals surface area contributed by atoms with Crippen LogP contribution < -0.4 is 14.8 Å². The van der Waals surface area contributed by atoms with Crippen molar-refractivity contribution in [1.29, 1.82) is 0 Å². The molecule has 0 radical (unpaired) electrons. The molecule has 4 aromatic rings. The van der Waals surface area contributed by atoms with Crippen molar-refractivity contribution in [1.82, 2.24) is 15.2 Å². The first-order valence-corrected chi connectivity index (χ1v) is 11.0. The smallest absolute Gasteiger partial charge is 0.224 e. The van der Waals surface area contributed by atoms with Crippen molar-refractivity contribution in [2.75, 3.05) is 18.5 Å². The summed E-state index contributed by atoms with van der Waals surface area (Å²) in [5.74, 6) is 1.89. The summed E-state index contributed by atoms with van der Waals surface area (Å²) in [7, 11) is 0. The Kier molecular flexibility index (Phi) is 6.03. The highest BCUT2D eigenvalue weighted by atomic mass is 16.6. The molecule has 0 aliphatic carbocycles. The number of benzene rings is 3. The molecule has 1 aliphatic heterocycles. The van der Waals surface area contributed by atoms with Gasteiger partial charge in [-0.15, -0.1) is 0 Å². The number of aromatic nitrogens is 3. The Morgan fingerprint density at radius 2 is 1.65 bits per heavy atom. The van der Waals surface area contributed by atoms with E-state index in [4.69, 9.17) is 9.47 Å². The van der Waals surface area contributed by atoms with E-state index in [1.807, 2.05) is 48.5 Å². The van der Waals surface area contributed by atoms with Gasteiger partial charge in [0.25, 0.3) is 0 Å². The Balaban J connectivity index is 1.24. The first-order valence-electron chi connectivity index (χ1n) is 11.0. The lowest BCUT2D eigenvalue weighted by Gasteiger charge is -2.18. The van der Waals surface area contributed by atoms with Gasteiger partial charge < -0.3 is 14.8 Å². The molecule has 0 bridgehead atoms. The number of nitrogens with zero attached hydrogens (tertiary/aromatic N) is 2. The van der Waals surface area contributed by atoms with Gasteiger partial charge in [-0.25, -0.2) is 4.98 Å². The van der Waals surface area contributed by atoms with E-state index in [1.165, 1.54) is 0 Å². The van der Waals surface area contributed by atoms with Gasteiger partial charge in [-0.2, -0.15) is 5.10 Å². The molecular weight excluding hydrogens is 432 g/mol. The molecule has 0 fully saturated rings. The molecule has 5 rings (SSSR count). The number of Topliss-reactive ketones (excluding diaryl/α,β-unsaturated/α-hetero) is 1. The van der Waals surface area contributed by atoms with Crippen LogP contribution in [0.15, 0.2) is 72.8 Å². The number of rotatable bonds is 7. The third kappa shape index (κ3) is 4.66. The van der Waals surface area contributed by atoms with Crippen molar-refractivity contribution in [3.63, 3.8) is 0 Å². The zero-order valence-corrected chi connectivity index (χ0v) is 18.3. The topological polar surface area (TPSA) is 106 Å². The number of anilines is 1. The van der Waals surface area contributed by atoms with Crippen LogP contribution in [0.25, 0.3) is 22.8 Å². The van der Waals surface area contributed by atoms with Crippen molar-refractivity contribution in [3.8, 4) is 34.3 Å². The lowest BCUT2D eigenvalue weighted by atomic mass is 10.1. The van der Waals surface area contributed by atoms with Crippen molar-refractivity contribution in [3.05, 3.63) is 78.4 Å². The third-order valence-corrected chi connectivity index (χ3v) is 5.42. The number of nitrogens with one attached hydrogen (secondary N) is 2. The molecule has 2 heterocycles. The van der Waals surface area contributed by atoms with Gasteiger partial charge in [0.1, 0.15) is 13.2 Å². The first-order chi connectivity index (χ1) is 16.7. The van der Waals surface area contributed by atoms with Crippen LogP contribution in [0.2, 0.25) is 0 Å². The molecule has 1 aliphatic rings. The minimum atomic E-state index is -0.263. The molecule has 3 aromatic carbocycles. The fourth-order valence-electron chi connectivity index (χ4n) is 3.70. The average Bonchev–Trinajstić information content (AvgIpc) is 3.38. The van der Waals surface area contributed by atoms with Gasteiger partial charge in [0.05, 0.1) is 5.69 Å². The summed E-state index contributed by atoms with van der Waals surface area (Å²) >= 11 is 0. The average molecular weight is 454 g/mol. The number of carbonyl (C=O) groups is 2. The summed E-state index contributed by atoms with van der Waals surface area (Å²) in [6.07, 6.45) is 0.126. The summed E-state index contributed by atoms with van der Waals surface area (Å²) in [5, 5.41) is 10.1. The van der Waals surface area contributed by atoms with E-state index in [2.05, 4.69) is 20.5 Å². The number of H-pyrrole nitrogens is 1. The molecular formula is C26H22N4O4. The SMILES string of the molecule is O=C(CCC(=O)c1ccc2c(c1)OCCO2)Nc1ccccc1-c1nc(-c2ccccc2)n[nH]1. The fourth-order valence-corrected chi connectivity index (χ4v) is 3.70. The van der Waals surface area contributed by atoms with Gasteiger partial charge in [0.2, 0.25) is 5.91 Å². The molecule has 8 heteroatoms. The predicted molar refractivity (Wildman–Crippen MR) is 127 cm³/mol. The van der Waals surface area contributed by atoms with Gasteiger partial charge in [0, 0.05) is 29.5 Å². The molecule has 0 atom stereocenters. The van der Waals surface area contributed by atoms with Crippen LogP contribution in [0.4, 0.5) is 5.69 Å². The van der Waals surface area contributed by atoms with Crippen molar-refractivity contribution in [2.45, 2.75) is 12.8 Å². The monoisotopic (exact) mass is 454 g/mol. The molecule has 0 saturated carbocycles. The Morgan fingerprint density at radius 3 is 2.50 bits per heavy atom. The highest BCUT2D eigenvalue weighted by Crippen LogP contribution is 2.31. The molecule has 8 nitrogen and oxygen atoms in total. The second-order valence-electron chi connectivity index (χ2n) is 7.75. The minimum absolute atomic E-state index is 0.0489. The van der Waals surface area contributed by atoms with Crippen LogP contribution in [-0.2, 0) is 4.79 Å². The fraction of sp³-hybridized carbons (Fsp3) is 0.154. The number of carbonyl (C=O) groups excluding carboxylic acids is 2. The molecule has 1 amide bonds. The number of hydrogen-bond acceptors (Lipinski definition) is 6. The minimum Gasteiger partial charge on any atom is -0.486 e. The summed E-state index contributed by atoms with van der Waals surface area (Å²) in [5.41, 5.74) is 2.69. The number of ether oxygens (including phenoxy) is 2. The zero-order valence-electron chi connectivity index (χ0n) is 18.3. The zero-order chi connectivity index (χ0) is 23.3. The maximum Gasteiger partial charge on any atom is 0.224 e. The molecule has 2 N–H and O–H groups in total. The van der Waals surface area contributed by atoms with E-state index in [1.54, 1.807) is 24.3 Å². The van der Waals surface area contributed by atoms with Crippen LogP contribution in [0.1, 0.15) is 23.2 Å². The first kappa shape index (κ1) is 21.4. The standard InChI is InChI=1S/C26H22N4O4/c31-21(18-10-12-22-23(16-18)34-15-14-33-22)11-13-24(32)27-20-9-5-4-8-19(20)26-28-25(29-30-26)17-6-2-1-3-7-17/h1-10,12,16H,11,13-15H2,(H,27,32)(H,28,29,30). The molecule has 0 spiro atoms. The van der Waals surface area contributed by atoms with Gasteiger partial charge in [-0.1, -0.05) is 42.5 Å². The van der Waals surface area contributed by atoms with E-state index in [0.29, 0.717) is 53.2 Å². The van der Waals surface area contributed by atoms with Gasteiger partial charge in [-0.05, 0) is 30.3 Å². The Morgan fingerprint density at radius 1 is 0.882 bits per heavy atom. The second-order valence-corrected chi connectivity index (χ2v) is 7.75. The molecule has 0 unspecified atom stereocenters. The van der Waals surface area contributed by atoms with Crippen molar-refractivity contribution >= 4 is 17.4 Å². The Hall–Kier alpha value is -4.46. The van der Waals surface area contributed by atoms with E-state index in [9.17, 15) is 9.59 Å². The number of hydrogen-bond donors (Lipinski definition) is 2. The van der Waals surface area contributed by atoms with E-state index < -0.39 is 0 Å². The molecule has 34 heavy (non-hydrogen) atoms. The Labute approximate surface area is 196 Å². The molecule has 0 saturated heterocycles. The second kappa shape index (κ2) is 9.58. The largest absolute Gasteiger partial charge is 0.486 e. The maximum absolute atomic E-state index is 12.6. The highest BCUT2D eigenvalue weighted by molar-refractivity contribution is 6.01. The number of amides is 1. The summed E-state index contributed by atoms with van der Waals surface area (Å²) in [4.78, 5) is 29.8. The van der Waals surface area contributed by atoms with Gasteiger partial charge in [0.15, 0.2) is 28.9 Å². The maximum atomic E-state index is 12.6. The third-order valence-electron chi connectivity index (χ3n) is 5.42.